The topological polar surface area (TPSA) is 73.7 Å². The fourth-order valence-corrected chi connectivity index (χ4v) is 4.06. The van der Waals surface area contributed by atoms with Crippen LogP contribution in [0.2, 0.25) is 0 Å². The van der Waals surface area contributed by atoms with Crippen molar-refractivity contribution in [1.29, 1.82) is 0 Å². The van der Waals surface area contributed by atoms with Crippen LogP contribution in [0.4, 0.5) is 0 Å². The summed E-state index contributed by atoms with van der Waals surface area (Å²) in [6.45, 7) is 3.90. The number of aromatic nitrogens is 1. The Morgan fingerprint density at radius 2 is 2.15 bits per heavy atom. The maximum Gasteiger partial charge on any atom is 0.260 e. The molecule has 0 aromatic carbocycles. The van der Waals surface area contributed by atoms with E-state index in [4.69, 9.17) is 5.11 Å². The van der Waals surface area contributed by atoms with Crippen molar-refractivity contribution in [3.05, 3.63) is 23.9 Å². The Kier molecular flexibility index (Phi) is 4.74. The first-order valence-corrected chi connectivity index (χ1v) is 8.15. The highest BCUT2D eigenvalue weighted by atomic mass is 32.2. The second kappa shape index (κ2) is 6.17. The van der Waals surface area contributed by atoms with Crippen molar-refractivity contribution in [3.8, 4) is 0 Å². The van der Waals surface area contributed by atoms with E-state index in [1.165, 1.54) is 16.6 Å². The van der Waals surface area contributed by atoms with E-state index >= 15 is 0 Å². The Morgan fingerprint density at radius 3 is 2.75 bits per heavy atom. The molecule has 0 radical (unpaired) electrons. The zero-order valence-electron chi connectivity index (χ0n) is 11.9. The number of sulfonamides is 1. The number of rotatable bonds is 3. The van der Waals surface area contributed by atoms with Gasteiger partial charge in [-0.2, -0.15) is 4.31 Å². The van der Waals surface area contributed by atoms with Crippen LogP contribution in [0.5, 0.6) is 0 Å². The lowest BCUT2D eigenvalue weighted by molar-refractivity contribution is 0.281. The van der Waals surface area contributed by atoms with Crippen LogP contribution in [0, 0.1) is 0 Å². The molecule has 1 saturated heterocycles. The molecule has 0 amide bonds. The molecule has 2 rings (SSSR count). The largest absolute Gasteiger partial charge is 0.392 e. The molecule has 0 saturated carbocycles. The average Bonchev–Trinajstić information content (AvgIpc) is 2.59. The third kappa shape index (κ3) is 3.17. The van der Waals surface area contributed by atoms with Crippen molar-refractivity contribution >= 4 is 10.0 Å². The van der Waals surface area contributed by atoms with E-state index in [1.807, 2.05) is 14.0 Å². The Labute approximate surface area is 120 Å². The van der Waals surface area contributed by atoms with Crippen LogP contribution in [-0.2, 0) is 16.6 Å². The predicted octanol–water partition coefficient (Wildman–Crippen LogP) is 0.289. The van der Waals surface area contributed by atoms with Crippen LogP contribution in [0.3, 0.4) is 0 Å². The standard InChI is InChI=1S/C13H21N3O3S/c1-11-9-15(2)6-3-7-16(11)20(18,19)13-5-4-12(10-17)8-14-13/h4-5,8,11,17H,3,6-7,9-10H2,1-2H3. The van der Waals surface area contributed by atoms with Gasteiger partial charge >= 0.3 is 0 Å². The van der Waals surface area contributed by atoms with Gasteiger partial charge in [-0.05, 0) is 38.6 Å². The number of aliphatic hydroxyl groups is 1. The number of hydrogen-bond donors (Lipinski definition) is 1. The summed E-state index contributed by atoms with van der Waals surface area (Å²) >= 11 is 0. The molecule has 1 aliphatic heterocycles. The van der Waals surface area contributed by atoms with Crippen molar-refractivity contribution in [2.45, 2.75) is 31.0 Å². The molecule has 112 valence electrons. The minimum absolute atomic E-state index is 0.0473. The second-order valence-corrected chi connectivity index (χ2v) is 7.08. The smallest absolute Gasteiger partial charge is 0.260 e. The van der Waals surface area contributed by atoms with Crippen molar-refractivity contribution < 1.29 is 13.5 Å². The normalized spacial score (nSPS) is 22.6. The Hall–Kier alpha value is -1.02. The van der Waals surface area contributed by atoms with Gasteiger partial charge in [-0.15, -0.1) is 0 Å². The Morgan fingerprint density at radius 1 is 1.40 bits per heavy atom. The molecule has 1 aromatic heterocycles. The minimum Gasteiger partial charge on any atom is -0.392 e. The molecule has 7 heteroatoms. The fourth-order valence-electron chi connectivity index (χ4n) is 2.48. The summed E-state index contributed by atoms with van der Waals surface area (Å²) in [7, 11) is -1.57. The number of pyridine rings is 1. The van der Waals surface area contributed by atoms with Crippen LogP contribution >= 0.6 is 0 Å². The van der Waals surface area contributed by atoms with Gasteiger partial charge < -0.3 is 10.0 Å². The van der Waals surface area contributed by atoms with Gasteiger partial charge in [-0.1, -0.05) is 6.07 Å². The van der Waals surface area contributed by atoms with Crippen molar-refractivity contribution in [1.82, 2.24) is 14.2 Å². The molecular weight excluding hydrogens is 278 g/mol. The summed E-state index contributed by atoms with van der Waals surface area (Å²) in [5.74, 6) is 0. The summed E-state index contributed by atoms with van der Waals surface area (Å²) < 4.78 is 26.8. The van der Waals surface area contributed by atoms with Gasteiger partial charge in [0.05, 0.1) is 6.61 Å². The highest BCUT2D eigenvalue weighted by Crippen LogP contribution is 2.19. The van der Waals surface area contributed by atoms with E-state index in [0.29, 0.717) is 18.7 Å². The zero-order valence-corrected chi connectivity index (χ0v) is 12.7. The number of likely N-dealkylation sites (N-methyl/N-ethyl adjacent to an activating group) is 1. The van der Waals surface area contributed by atoms with Gasteiger partial charge in [0.15, 0.2) is 5.03 Å². The molecular formula is C13H21N3O3S. The molecule has 20 heavy (non-hydrogen) atoms. The average molecular weight is 299 g/mol. The molecule has 1 atom stereocenters. The number of nitrogens with zero attached hydrogens (tertiary/aromatic N) is 3. The van der Waals surface area contributed by atoms with Gasteiger partial charge in [0, 0.05) is 25.3 Å². The quantitative estimate of drug-likeness (QED) is 0.868. The van der Waals surface area contributed by atoms with E-state index in [2.05, 4.69) is 9.88 Å². The van der Waals surface area contributed by atoms with Crippen LogP contribution in [0.1, 0.15) is 18.9 Å². The molecule has 1 unspecified atom stereocenters. The first-order valence-electron chi connectivity index (χ1n) is 6.71. The Balaban J connectivity index is 2.28. The summed E-state index contributed by atoms with van der Waals surface area (Å²) in [4.78, 5) is 6.12. The van der Waals surface area contributed by atoms with Gasteiger partial charge in [0.2, 0.25) is 0 Å². The number of aliphatic hydroxyl groups excluding tert-OH is 1. The lowest BCUT2D eigenvalue weighted by atomic mass is 10.3. The minimum atomic E-state index is -3.57. The summed E-state index contributed by atoms with van der Waals surface area (Å²) in [6.07, 6.45) is 2.22. The molecule has 1 N–H and O–H groups in total. The highest BCUT2D eigenvalue weighted by molar-refractivity contribution is 7.89. The Bertz CT molecular complexity index is 544. The van der Waals surface area contributed by atoms with E-state index in [0.717, 1.165) is 13.0 Å². The number of hydrogen-bond acceptors (Lipinski definition) is 5. The highest BCUT2D eigenvalue weighted by Gasteiger charge is 2.32. The van der Waals surface area contributed by atoms with Crippen molar-refractivity contribution in [3.63, 3.8) is 0 Å². The molecule has 1 aliphatic rings. The van der Waals surface area contributed by atoms with Crippen LogP contribution < -0.4 is 0 Å². The maximum atomic E-state index is 12.6. The van der Waals surface area contributed by atoms with E-state index in [-0.39, 0.29) is 17.7 Å². The summed E-state index contributed by atoms with van der Waals surface area (Å²) in [6, 6.07) is 2.98. The lowest BCUT2D eigenvalue weighted by Crippen LogP contribution is -2.42. The molecule has 0 spiro atoms. The van der Waals surface area contributed by atoms with Crippen molar-refractivity contribution in [2.75, 3.05) is 26.7 Å². The molecule has 6 nitrogen and oxygen atoms in total. The molecule has 0 aliphatic carbocycles. The summed E-state index contributed by atoms with van der Waals surface area (Å²) in [5, 5.41) is 9.03. The first kappa shape index (κ1) is 15.4. The van der Waals surface area contributed by atoms with Crippen LogP contribution in [0.15, 0.2) is 23.4 Å². The zero-order chi connectivity index (χ0) is 14.8. The fraction of sp³-hybridized carbons (Fsp3) is 0.615. The van der Waals surface area contributed by atoms with Gasteiger partial charge in [-0.3, -0.25) is 0 Å². The van der Waals surface area contributed by atoms with E-state index in [9.17, 15) is 8.42 Å². The second-order valence-electron chi connectivity index (χ2n) is 5.24. The predicted molar refractivity (Wildman–Crippen MR) is 75.6 cm³/mol. The third-order valence-electron chi connectivity index (χ3n) is 3.54. The molecule has 1 aromatic rings. The monoisotopic (exact) mass is 299 g/mol. The molecule has 1 fully saturated rings. The third-order valence-corrected chi connectivity index (χ3v) is 5.47. The van der Waals surface area contributed by atoms with Gasteiger partial charge in [-0.25, -0.2) is 13.4 Å². The molecule has 2 heterocycles. The van der Waals surface area contributed by atoms with Crippen LogP contribution in [-0.4, -0.2) is 60.4 Å². The first-order chi connectivity index (χ1) is 9.45. The molecule has 0 bridgehead atoms. The van der Waals surface area contributed by atoms with Crippen LogP contribution in [0.25, 0.3) is 0 Å². The van der Waals surface area contributed by atoms with E-state index in [1.54, 1.807) is 6.07 Å². The van der Waals surface area contributed by atoms with Gasteiger partial charge in [0.25, 0.3) is 10.0 Å². The van der Waals surface area contributed by atoms with E-state index < -0.39 is 10.0 Å². The van der Waals surface area contributed by atoms with Gasteiger partial charge in [0.1, 0.15) is 0 Å². The van der Waals surface area contributed by atoms with Crippen molar-refractivity contribution in [2.24, 2.45) is 0 Å². The summed E-state index contributed by atoms with van der Waals surface area (Å²) in [5.41, 5.74) is 0.604. The SMILES string of the molecule is CC1CN(C)CCCN1S(=O)(=O)c1ccc(CO)cn1. The maximum absolute atomic E-state index is 12.6. The lowest BCUT2D eigenvalue weighted by Gasteiger charge is -2.26.